The van der Waals surface area contributed by atoms with Crippen LogP contribution in [0.5, 0.6) is 0 Å². The van der Waals surface area contributed by atoms with E-state index in [0.717, 1.165) is 10.8 Å². The van der Waals surface area contributed by atoms with Gasteiger partial charge < -0.3 is 30.5 Å². The zero-order valence-electron chi connectivity index (χ0n) is 11.9. The summed E-state index contributed by atoms with van der Waals surface area (Å²) in [5.74, 6) is -1.11. The van der Waals surface area contributed by atoms with Gasteiger partial charge in [-0.2, -0.15) is 0 Å². The molecule has 0 saturated carbocycles. The number of aromatic nitrogens is 2. The highest BCUT2D eigenvalue weighted by Crippen LogP contribution is 2.27. The summed E-state index contributed by atoms with van der Waals surface area (Å²) in [6.07, 6.45) is -4.11. The van der Waals surface area contributed by atoms with Crippen LogP contribution in [0.3, 0.4) is 0 Å². The van der Waals surface area contributed by atoms with Crippen molar-refractivity contribution in [3.63, 3.8) is 0 Å². The number of nitrogens with one attached hydrogen (secondary N) is 2. The van der Waals surface area contributed by atoms with Gasteiger partial charge in [-0.25, -0.2) is 4.79 Å². The number of ether oxygens (including phenoxy) is 1. The smallest absolute Gasteiger partial charge is 0.330 e. The molecule has 0 bridgehead atoms. The van der Waals surface area contributed by atoms with Crippen molar-refractivity contribution in [2.75, 3.05) is 13.2 Å². The first-order valence-corrected chi connectivity index (χ1v) is 6.74. The largest absolute Gasteiger partial charge is 0.480 e. The molecule has 128 valence electrons. The molecule has 4 atom stereocenters. The molecule has 0 spiro atoms. The Morgan fingerprint density at radius 2 is 2.04 bits per heavy atom. The minimum atomic E-state index is -1.48. The average molecular weight is 331 g/mol. The van der Waals surface area contributed by atoms with Gasteiger partial charge >= 0.3 is 11.7 Å². The Kier molecular flexibility index (Phi) is 5.28. The lowest BCUT2D eigenvalue weighted by molar-refractivity contribution is -0.136. The summed E-state index contributed by atoms with van der Waals surface area (Å²) < 4.78 is 6.09. The molecule has 1 aromatic rings. The predicted octanol–water partition coefficient (Wildman–Crippen LogP) is -3.68. The molecule has 0 aliphatic carbocycles. The minimum Gasteiger partial charge on any atom is -0.480 e. The van der Waals surface area contributed by atoms with Crippen LogP contribution in [0.25, 0.3) is 0 Å². The van der Waals surface area contributed by atoms with Gasteiger partial charge in [0, 0.05) is 18.3 Å². The zero-order valence-corrected chi connectivity index (χ0v) is 11.9. The molecule has 1 aliphatic heterocycles. The van der Waals surface area contributed by atoms with Crippen LogP contribution < -0.4 is 16.6 Å². The number of hydrogen-bond donors (Lipinski definition) is 6. The number of aliphatic hydroxyl groups excluding tert-OH is 3. The summed E-state index contributed by atoms with van der Waals surface area (Å²) >= 11 is 0. The van der Waals surface area contributed by atoms with E-state index in [1.165, 1.54) is 0 Å². The maximum absolute atomic E-state index is 11.9. The van der Waals surface area contributed by atoms with Crippen molar-refractivity contribution in [1.82, 2.24) is 14.9 Å². The number of carbonyl (C=O) groups is 1. The molecule has 1 aromatic heterocycles. The normalized spacial score (nSPS) is 27.3. The van der Waals surface area contributed by atoms with Crippen LogP contribution in [0, 0.1) is 0 Å². The summed E-state index contributed by atoms with van der Waals surface area (Å²) in [7, 11) is 0. The summed E-state index contributed by atoms with van der Waals surface area (Å²) in [4.78, 5) is 36.0. The zero-order chi connectivity index (χ0) is 17.1. The molecule has 23 heavy (non-hydrogen) atoms. The molecular weight excluding hydrogens is 314 g/mol. The number of hydrogen-bond acceptors (Lipinski definition) is 8. The van der Waals surface area contributed by atoms with Crippen molar-refractivity contribution < 1.29 is 30.0 Å². The molecule has 0 radical (unpaired) electrons. The maximum atomic E-state index is 11.9. The van der Waals surface area contributed by atoms with Gasteiger partial charge in [0.25, 0.3) is 5.56 Å². The van der Waals surface area contributed by atoms with E-state index in [9.17, 15) is 24.6 Å². The fourth-order valence-corrected chi connectivity index (χ4v) is 2.26. The van der Waals surface area contributed by atoms with E-state index in [1.807, 2.05) is 4.98 Å². The van der Waals surface area contributed by atoms with Crippen LogP contribution in [0.2, 0.25) is 0 Å². The number of carboxylic acid groups (broad SMARTS) is 1. The van der Waals surface area contributed by atoms with Crippen LogP contribution in [0.1, 0.15) is 11.8 Å². The van der Waals surface area contributed by atoms with Gasteiger partial charge in [0.1, 0.15) is 18.3 Å². The molecule has 2 rings (SSSR count). The lowest BCUT2D eigenvalue weighted by atomic mass is 10.1. The van der Waals surface area contributed by atoms with Crippen molar-refractivity contribution >= 4 is 5.97 Å². The second kappa shape index (κ2) is 7.02. The van der Waals surface area contributed by atoms with Crippen molar-refractivity contribution in [3.8, 4) is 0 Å². The lowest BCUT2D eigenvalue weighted by Crippen LogP contribution is -2.39. The highest BCUT2D eigenvalue weighted by atomic mass is 16.6. The molecule has 1 fully saturated rings. The summed E-state index contributed by atoms with van der Waals surface area (Å²) in [5, 5.41) is 39.7. The van der Waals surface area contributed by atoms with Crippen LogP contribution in [-0.4, -0.2) is 67.4 Å². The van der Waals surface area contributed by atoms with Gasteiger partial charge in [-0.1, -0.05) is 0 Å². The number of aliphatic hydroxyl groups is 3. The van der Waals surface area contributed by atoms with Crippen LogP contribution in [0.4, 0.5) is 0 Å². The maximum Gasteiger partial charge on any atom is 0.330 e. The molecule has 2 heterocycles. The number of carboxylic acids is 1. The van der Waals surface area contributed by atoms with Gasteiger partial charge in [0.05, 0.1) is 13.2 Å². The molecule has 1 saturated heterocycles. The average Bonchev–Trinajstić information content (AvgIpc) is 2.77. The highest BCUT2D eigenvalue weighted by Gasteiger charge is 2.43. The van der Waals surface area contributed by atoms with E-state index in [1.54, 1.807) is 0 Å². The van der Waals surface area contributed by atoms with E-state index >= 15 is 0 Å². The van der Waals surface area contributed by atoms with Crippen molar-refractivity contribution in [2.24, 2.45) is 0 Å². The molecule has 0 aromatic carbocycles. The van der Waals surface area contributed by atoms with E-state index in [-0.39, 0.29) is 18.7 Å². The monoisotopic (exact) mass is 331 g/mol. The highest BCUT2D eigenvalue weighted by molar-refractivity contribution is 5.68. The first-order valence-electron chi connectivity index (χ1n) is 6.74. The summed E-state index contributed by atoms with van der Waals surface area (Å²) in [5.41, 5.74) is -1.54. The van der Waals surface area contributed by atoms with E-state index < -0.39 is 48.4 Å². The van der Waals surface area contributed by atoms with Crippen molar-refractivity contribution in [1.29, 1.82) is 0 Å². The third-order valence-electron chi connectivity index (χ3n) is 3.42. The molecule has 1 unspecified atom stereocenters. The predicted molar refractivity (Wildman–Crippen MR) is 73.7 cm³/mol. The van der Waals surface area contributed by atoms with Gasteiger partial charge in [-0.3, -0.25) is 19.1 Å². The lowest BCUT2D eigenvalue weighted by Gasteiger charge is -2.18. The SMILES string of the molecule is O=C(O)CNCc1cn([C@@H]2O[C@H](CO)[C@H](O)C2O)c(=O)[nH]c1=O. The number of aliphatic carboxylic acids is 1. The number of H-pyrrole nitrogens is 1. The quantitative estimate of drug-likeness (QED) is 0.307. The van der Waals surface area contributed by atoms with Crippen molar-refractivity contribution in [3.05, 3.63) is 32.6 Å². The Labute approximate surface area is 128 Å². The van der Waals surface area contributed by atoms with Crippen LogP contribution in [-0.2, 0) is 16.1 Å². The van der Waals surface area contributed by atoms with E-state index in [0.29, 0.717) is 0 Å². The molecule has 6 N–H and O–H groups in total. The Hall–Kier alpha value is -2.05. The first kappa shape index (κ1) is 17.3. The van der Waals surface area contributed by atoms with Crippen molar-refractivity contribution in [2.45, 2.75) is 31.1 Å². The van der Waals surface area contributed by atoms with Crippen LogP contribution >= 0.6 is 0 Å². The third-order valence-corrected chi connectivity index (χ3v) is 3.42. The Balaban J connectivity index is 2.27. The Morgan fingerprint density at radius 1 is 1.35 bits per heavy atom. The van der Waals surface area contributed by atoms with Gasteiger partial charge in [0.15, 0.2) is 6.23 Å². The summed E-state index contributed by atoms with van der Waals surface area (Å²) in [6, 6.07) is 0. The second-order valence-electron chi connectivity index (χ2n) is 5.05. The first-order chi connectivity index (χ1) is 10.8. The third kappa shape index (κ3) is 3.65. The minimum absolute atomic E-state index is 0.0450. The van der Waals surface area contributed by atoms with Gasteiger partial charge in [-0.15, -0.1) is 0 Å². The summed E-state index contributed by atoms with van der Waals surface area (Å²) in [6.45, 7) is -1.07. The van der Waals surface area contributed by atoms with Crippen LogP contribution in [0.15, 0.2) is 15.8 Å². The fraction of sp³-hybridized carbons (Fsp3) is 0.583. The molecule has 11 nitrogen and oxygen atoms in total. The van der Waals surface area contributed by atoms with E-state index in [2.05, 4.69) is 5.32 Å². The number of aromatic amines is 1. The molecular formula is C12H17N3O8. The topological polar surface area (TPSA) is 174 Å². The fourth-order valence-electron chi connectivity index (χ4n) is 2.26. The molecule has 0 amide bonds. The number of rotatable bonds is 6. The molecule has 11 heteroatoms. The standard InChI is InChI=1S/C12H17N3O8/c16-4-6-8(19)9(20)11(23-6)15-3-5(1-13-2-7(17)18)10(21)14-12(15)22/h3,6,8-9,11,13,16,19-20H,1-2,4H2,(H,17,18)(H,14,21,22)/t6-,8+,9?,11-/m1/s1. The molecule has 1 aliphatic rings. The van der Waals surface area contributed by atoms with E-state index in [4.69, 9.17) is 14.9 Å². The van der Waals surface area contributed by atoms with Gasteiger partial charge in [0.2, 0.25) is 0 Å². The second-order valence-corrected chi connectivity index (χ2v) is 5.05. The Morgan fingerprint density at radius 3 is 2.61 bits per heavy atom. The number of nitrogens with zero attached hydrogens (tertiary/aromatic N) is 1. The Bertz CT molecular complexity index is 684. The van der Waals surface area contributed by atoms with Gasteiger partial charge in [-0.05, 0) is 0 Å².